The van der Waals surface area contributed by atoms with Gasteiger partial charge in [0.05, 0.1) is 0 Å². The number of amides is 1. The van der Waals surface area contributed by atoms with E-state index in [4.69, 9.17) is 0 Å². The lowest BCUT2D eigenvalue weighted by Crippen LogP contribution is -2.46. The normalized spacial score (nSPS) is 14.7. The van der Waals surface area contributed by atoms with Crippen LogP contribution in [0, 0.1) is 0 Å². The van der Waals surface area contributed by atoms with Crippen molar-refractivity contribution in [2.75, 3.05) is 45.8 Å². The van der Waals surface area contributed by atoms with Gasteiger partial charge in [0.2, 0.25) is 0 Å². The molecule has 1 aromatic rings. The maximum absolute atomic E-state index is 12.2. The first kappa shape index (κ1) is 25.1. The number of piperazine rings is 1. The minimum atomic E-state index is 0. The molecule has 0 aromatic heterocycles. The van der Waals surface area contributed by atoms with Gasteiger partial charge in [0.25, 0.3) is 5.91 Å². The zero-order valence-corrected chi connectivity index (χ0v) is 17.8. The predicted molar refractivity (Wildman–Crippen MR) is 114 cm³/mol. The molecule has 2 rings (SSSR count). The number of nitrogens with zero attached hydrogens (tertiary/aromatic N) is 2. The number of nitrogens with one attached hydrogen (secondary N) is 2. The van der Waals surface area contributed by atoms with E-state index in [-0.39, 0.29) is 30.7 Å². The third kappa shape index (κ3) is 8.23. The summed E-state index contributed by atoms with van der Waals surface area (Å²) in [6.07, 6.45) is 0. The number of benzene rings is 1. The van der Waals surface area contributed by atoms with Crippen LogP contribution >= 0.6 is 24.8 Å². The van der Waals surface area contributed by atoms with Gasteiger partial charge in [0.1, 0.15) is 0 Å². The first-order valence-electron chi connectivity index (χ1n) is 9.14. The Bertz CT molecular complexity index is 505. The van der Waals surface area contributed by atoms with Crippen molar-refractivity contribution in [2.45, 2.75) is 33.4 Å². The Labute approximate surface area is 170 Å². The van der Waals surface area contributed by atoms with Gasteiger partial charge in [-0.3, -0.25) is 14.6 Å². The molecule has 0 aliphatic carbocycles. The average Bonchev–Trinajstić information content (AvgIpc) is 2.60. The van der Waals surface area contributed by atoms with Crippen LogP contribution in [0.1, 0.15) is 36.7 Å². The largest absolute Gasteiger partial charge is 0.351 e. The molecule has 1 amide bonds. The van der Waals surface area contributed by atoms with Gasteiger partial charge in [-0.05, 0) is 38.1 Å². The van der Waals surface area contributed by atoms with Gasteiger partial charge >= 0.3 is 0 Å². The van der Waals surface area contributed by atoms with Crippen molar-refractivity contribution in [1.82, 2.24) is 20.4 Å². The SMILES string of the molecule is CCN(Cc1ccc(C(=O)NCCN2CCNCC2)cc1)C(C)C.Cl.Cl. The molecule has 0 spiro atoms. The van der Waals surface area contributed by atoms with Crippen molar-refractivity contribution in [2.24, 2.45) is 0 Å². The van der Waals surface area contributed by atoms with Crippen molar-refractivity contribution >= 4 is 30.7 Å². The van der Waals surface area contributed by atoms with Crippen LogP contribution in [-0.4, -0.2) is 67.6 Å². The van der Waals surface area contributed by atoms with Crippen LogP contribution in [0.3, 0.4) is 0 Å². The van der Waals surface area contributed by atoms with Crippen LogP contribution in [0.15, 0.2) is 24.3 Å². The Morgan fingerprint density at radius 3 is 2.35 bits per heavy atom. The second kappa shape index (κ2) is 13.3. The van der Waals surface area contributed by atoms with Crippen LogP contribution in [-0.2, 0) is 6.54 Å². The van der Waals surface area contributed by atoms with Crippen molar-refractivity contribution in [1.29, 1.82) is 0 Å². The van der Waals surface area contributed by atoms with Crippen LogP contribution < -0.4 is 10.6 Å². The molecule has 26 heavy (non-hydrogen) atoms. The lowest BCUT2D eigenvalue weighted by molar-refractivity contribution is 0.0947. The minimum absolute atomic E-state index is 0. The van der Waals surface area contributed by atoms with Crippen LogP contribution in [0.25, 0.3) is 0 Å². The predicted octanol–water partition coefficient (Wildman–Crippen LogP) is 2.40. The minimum Gasteiger partial charge on any atom is -0.351 e. The van der Waals surface area contributed by atoms with Gasteiger partial charge in [-0.2, -0.15) is 0 Å². The van der Waals surface area contributed by atoms with Crippen molar-refractivity contribution in [3.8, 4) is 0 Å². The molecule has 0 atom stereocenters. The average molecular weight is 405 g/mol. The number of carbonyl (C=O) groups is 1. The molecule has 0 unspecified atom stereocenters. The molecule has 1 heterocycles. The van der Waals surface area contributed by atoms with Crippen molar-refractivity contribution < 1.29 is 4.79 Å². The highest BCUT2D eigenvalue weighted by Gasteiger charge is 2.11. The first-order valence-corrected chi connectivity index (χ1v) is 9.14. The molecular weight excluding hydrogens is 371 g/mol. The zero-order chi connectivity index (χ0) is 17.4. The lowest BCUT2D eigenvalue weighted by Gasteiger charge is -2.27. The monoisotopic (exact) mass is 404 g/mol. The lowest BCUT2D eigenvalue weighted by atomic mass is 10.1. The summed E-state index contributed by atoms with van der Waals surface area (Å²) in [6, 6.07) is 8.53. The van der Waals surface area contributed by atoms with Crippen LogP contribution in [0.4, 0.5) is 0 Å². The van der Waals surface area contributed by atoms with E-state index in [2.05, 4.69) is 53.3 Å². The quantitative estimate of drug-likeness (QED) is 0.698. The van der Waals surface area contributed by atoms with Gasteiger partial charge in [-0.1, -0.05) is 19.1 Å². The fraction of sp³-hybridized carbons (Fsp3) is 0.632. The Kier molecular flexibility index (Phi) is 12.9. The topological polar surface area (TPSA) is 47.6 Å². The molecule has 7 heteroatoms. The van der Waals surface area contributed by atoms with Crippen molar-refractivity contribution in [3.63, 3.8) is 0 Å². The van der Waals surface area contributed by atoms with E-state index in [0.717, 1.165) is 51.4 Å². The molecule has 0 radical (unpaired) electrons. The fourth-order valence-electron chi connectivity index (χ4n) is 3.02. The highest BCUT2D eigenvalue weighted by Crippen LogP contribution is 2.10. The second-order valence-electron chi connectivity index (χ2n) is 6.70. The van der Waals surface area contributed by atoms with E-state index in [1.165, 1.54) is 5.56 Å². The standard InChI is InChI=1S/C19H32N4O.2ClH/c1-4-23(16(2)3)15-17-5-7-18(8-6-17)19(24)21-11-14-22-12-9-20-10-13-22;;/h5-8,16,20H,4,9-15H2,1-3H3,(H,21,24);2*1H. The van der Waals surface area contributed by atoms with E-state index < -0.39 is 0 Å². The summed E-state index contributed by atoms with van der Waals surface area (Å²) in [5.74, 6) is 0.0212. The molecule has 1 saturated heterocycles. The molecule has 0 bridgehead atoms. The molecule has 5 nitrogen and oxygen atoms in total. The van der Waals surface area contributed by atoms with E-state index in [0.29, 0.717) is 12.6 Å². The van der Waals surface area contributed by atoms with Crippen LogP contribution in [0.2, 0.25) is 0 Å². The molecule has 1 fully saturated rings. The smallest absolute Gasteiger partial charge is 0.251 e. The maximum Gasteiger partial charge on any atom is 0.251 e. The summed E-state index contributed by atoms with van der Waals surface area (Å²) in [5.41, 5.74) is 1.99. The van der Waals surface area contributed by atoms with E-state index in [1.54, 1.807) is 0 Å². The summed E-state index contributed by atoms with van der Waals surface area (Å²) in [5, 5.41) is 6.36. The van der Waals surface area contributed by atoms with Gasteiger partial charge in [-0.15, -0.1) is 24.8 Å². The summed E-state index contributed by atoms with van der Waals surface area (Å²) in [4.78, 5) is 17.0. The van der Waals surface area contributed by atoms with E-state index in [1.807, 2.05) is 12.1 Å². The number of halogens is 2. The van der Waals surface area contributed by atoms with E-state index >= 15 is 0 Å². The van der Waals surface area contributed by atoms with Gasteiger partial charge in [0, 0.05) is 57.4 Å². The summed E-state index contributed by atoms with van der Waals surface area (Å²) >= 11 is 0. The highest BCUT2D eigenvalue weighted by atomic mass is 35.5. The van der Waals surface area contributed by atoms with E-state index in [9.17, 15) is 4.79 Å². The molecule has 1 aromatic carbocycles. The zero-order valence-electron chi connectivity index (χ0n) is 16.2. The maximum atomic E-state index is 12.2. The van der Waals surface area contributed by atoms with Crippen molar-refractivity contribution in [3.05, 3.63) is 35.4 Å². The highest BCUT2D eigenvalue weighted by molar-refractivity contribution is 5.94. The number of hydrogen-bond acceptors (Lipinski definition) is 4. The third-order valence-electron chi connectivity index (χ3n) is 4.66. The number of rotatable bonds is 8. The second-order valence-corrected chi connectivity index (χ2v) is 6.70. The Hall–Kier alpha value is -0.850. The molecule has 1 aliphatic heterocycles. The Morgan fingerprint density at radius 2 is 1.81 bits per heavy atom. The molecule has 0 saturated carbocycles. The summed E-state index contributed by atoms with van der Waals surface area (Å²) < 4.78 is 0. The summed E-state index contributed by atoms with van der Waals surface area (Å²) in [7, 11) is 0. The molecule has 150 valence electrons. The third-order valence-corrected chi connectivity index (χ3v) is 4.66. The fourth-order valence-corrected chi connectivity index (χ4v) is 3.02. The van der Waals surface area contributed by atoms with Gasteiger partial charge in [-0.25, -0.2) is 0 Å². The molecule has 2 N–H and O–H groups in total. The van der Waals surface area contributed by atoms with Gasteiger partial charge in [0.15, 0.2) is 0 Å². The molecule has 1 aliphatic rings. The Morgan fingerprint density at radius 1 is 1.19 bits per heavy atom. The number of hydrogen-bond donors (Lipinski definition) is 2. The van der Waals surface area contributed by atoms with Gasteiger partial charge < -0.3 is 10.6 Å². The summed E-state index contributed by atoms with van der Waals surface area (Å²) in [6.45, 7) is 14.4. The number of carbonyl (C=O) groups excluding carboxylic acids is 1. The first-order chi connectivity index (χ1) is 11.6. The molecular formula is C19H34Cl2N4O. The Balaban J connectivity index is 0.00000312. The van der Waals surface area contributed by atoms with Crippen LogP contribution in [0.5, 0.6) is 0 Å².